The molecular weight excluding hydrogens is 472 g/mol. The Labute approximate surface area is 201 Å². The topological polar surface area (TPSA) is 118 Å². The fourth-order valence-electron chi connectivity index (χ4n) is 3.71. The lowest BCUT2D eigenvalue weighted by molar-refractivity contribution is 0.0934. The Hall–Kier alpha value is -3.31. The number of carbonyl (C=O) groups is 1. The molecule has 4 aromatic heterocycles. The fourth-order valence-corrected chi connectivity index (χ4v) is 5.93. The molecule has 4 aromatic rings. The molecule has 1 aliphatic rings. The number of amides is 1. The van der Waals surface area contributed by atoms with Gasteiger partial charge in [0.05, 0.1) is 39.3 Å². The highest BCUT2D eigenvalue weighted by atomic mass is 32.2. The van der Waals surface area contributed by atoms with Crippen LogP contribution in [0.15, 0.2) is 49.1 Å². The maximum absolute atomic E-state index is 13.0. The van der Waals surface area contributed by atoms with Crippen molar-refractivity contribution in [1.29, 1.82) is 0 Å². The van der Waals surface area contributed by atoms with Crippen LogP contribution in [-0.4, -0.2) is 39.2 Å². The zero-order chi connectivity index (χ0) is 23.9. The largest absolute Gasteiger partial charge is 0.342 e. The molecule has 0 radical (unpaired) electrons. The molecule has 176 valence electrons. The SMILES string of the molecule is CCC(NC(=O)c1ncc(-c2cnn3ccc(C)cc23)s1)c1cc(NS(=O)(=O)C2CC2)ccn1. The molecule has 0 bridgehead atoms. The maximum atomic E-state index is 13.0. The number of fused-ring (bicyclic) bond motifs is 1. The predicted molar refractivity (Wildman–Crippen MR) is 131 cm³/mol. The molecule has 0 saturated heterocycles. The summed E-state index contributed by atoms with van der Waals surface area (Å²) >= 11 is 1.30. The molecule has 1 amide bonds. The maximum Gasteiger partial charge on any atom is 0.280 e. The van der Waals surface area contributed by atoms with Crippen molar-refractivity contribution in [1.82, 2.24) is 24.9 Å². The third kappa shape index (κ3) is 4.53. The Balaban J connectivity index is 1.33. The van der Waals surface area contributed by atoms with E-state index in [0.717, 1.165) is 21.5 Å². The van der Waals surface area contributed by atoms with E-state index < -0.39 is 10.0 Å². The number of nitrogens with one attached hydrogen (secondary N) is 2. The van der Waals surface area contributed by atoms with Crippen molar-refractivity contribution in [3.05, 3.63) is 65.3 Å². The second-order valence-corrected chi connectivity index (χ2v) is 11.4. The number of thiazole rings is 1. The van der Waals surface area contributed by atoms with Crippen LogP contribution in [0.5, 0.6) is 0 Å². The smallest absolute Gasteiger partial charge is 0.280 e. The summed E-state index contributed by atoms with van der Waals surface area (Å²) in [4.78, 5) is 22.5. The molecule has 1 saturated carbocycles. The number of aryl methyl sites for hydroxylation is 1. The summed E-state index contributed by atoms with van der Waals surface area (Å²) < 4.78 is 28.9. The minimum Gasteiger partial charge on any atom is -0.342 e. The van der Waals surface area contributed by atoms with Crippen LogP contribution in [-0.2, 0) is 10.0 Å². The van der Waals surface area contributed by atoms with E-state index >= 15 is 0 Å². The van der Waals surface area contributed by atoms with Crippen molar-refractivity contribution in [3.63, 3.8) is 0 Å². The molecule has 0 spiro atoms. The summed E-state index contributed by atoms with van der Waals surface area (Å²) in [5, 5.41) is 7.38. The van der Waals surface area contributed by atoms with E-state index in [0.29, 0.717) is 35.7 Å². The van der Waals surface area contributed by atoms with Gasteiger partial charge in [0, 0.05) is 24.2 Å². The number of aromatic nitrogens is 4. The van der Waals surface area contributed by atoms with Crippen LogP contribution in [0.3, 0.4) is 0 Å². The van der Waals surface area contributed by atoms with Crippen LogP contribution in [0, 0.1) is 6.92 Å². The number of sulfonamides is 1. The second kappa shape index (κ2) is 8.80. The van der Waals surface area contributed by atoms with Crippen LogP contribution in [0.4, 0.5) is 5.69 Å². The number of pyridine rings is 2. The summed E-state index contributed by atoms with van der Waals surface area (Å²) in [6, 6.07) is 6.93. The number of hydrogen-bond acceptors (Lipinski definition) is 7. The molecular formula is C23H24N6O3S2. The lowest BCUT2D eigenvalue weighted by Crippen LogP contribution is -2.28. The Bertz CT molecular complexity index is 1470. The standard InChI is InChI=1S/C23H24N6O3S2/c1-3-18(19-11-15(6-8-24-19)28-34(31,32)16-4-5-16)27-22(30)23-25-13-21(33-23)17-12-26-29-9-7-14(2)10-20(17)29/h6-13,16,18H,3-5H2,1-2H3,(H,24,28)(H,27,30). The van der Waals surface area contributed by atoms with Gasteiger partial charge in [0.15, 0.2) is 5.01 Å². The molecule has 2 N–H and O–H groups in total. The van der Waals surface area contributed by atoms with E-state index in [9.17, 15) is 13.2 Å². The monoisotopic (exact) mass is 496 g/mol. The molecule has 34 heavy (non-hydrogen) atoms. The van der Waals surface area contributed by atoms with Gasteiger partial charge in [0.25, 0.3) is 5.91 Å². The number of hydrogen-bond donors (Lipinski definition) is 2. The first-order valence-corrected chi connectivity index (χ1v) is 13.4. The second-order valence-electron chi connectivity index (χ2n) is 8.37. The van der Waals surface area contributed by atoms with E-state index in [1.54, 1.807) is 35.2 Å². The molecule has 1 unspecified atom stereocenters. The number of nitrogens with zero attached hydrogens (tertiary/aromatic N) is 4. The first-order chi connectivity index (χ1) is 16.3. The third-order valence-corrected chi connectivity index (χ3v) is 8.62. The molecule has 1 fully saturated rings. The van der Waals surface area contributed by atoms with Crippen LogP contribution < -0.4 is 10.0 Å². The Morgan fingerprint density at radius 1 is 1.24 bits per heavy atom. The van der Waals surface area contributed by atoms with Gasteiger partial charge in [-0.3, -0.25) is 14.5 Å². The molecule has 1 aliphatic carbocycles. The zero-order valence-corrected chi connectivity index (χ0v) is 20.4. The van der Waals surface area contributed by atoms with Gasteiger partial charge in [-0.1, -0.05) is 6.92 Å². The molecule has 11 heteroatoms. The number of rotatable bonds is 8. The average Bonchev–Trinajstić information content (AvgIpc) is 3.44. The Kier molecular flexibility index (Phi) is 5.82. The van der Waals surface area contributed by atoms with Gasteiger partial charge in [0.2, 0.25) is 10.0 Å². The van der Waals surface area contributed by atoms with Crippen molar-refractivity contribution in [2.75, 3.05) is 4.72 Å². The first kappa shape index (κ1) is 22.5. The van der Waals surface area contributed by atoms with Crippen LogP contribution in [0.2, 0.25) is 0 Å². The summed E-state index contributed by atoms with van der Waals surface area (Å²) in [5.74, 6) is -0.304. The van der Waals surface area contributed by atoms with Crippen LogP contribution in [0.1, 0.15) is 53.3 Å². The lowest BCUT2D eigenvalue weighted by Gasteiger charge is -2.17. The first-order valence-electron chi connectivity index (χ1n) is 11.0. The third-order valence-electron chi connectivity index (χ3n) is 5.72. The predicted octanol–water partition coefficient (Wildman–Crippen LogP) is 3.95. The molecule has 4 heterocycles. The Morgan fingerprint density at radius 2 is 2.06 bits per heavy atom. The van der Waals surface area contributed by atoms with Crippen molar-refractivity contribution in [3.8, 4) is 10.4 Å². The van der Waals surface area contributed by atoms with E-state index in [2.05, 4.69) is 25.1 Å². The normalized spacial score (nSPS) is 14.8. The van der Waals surface area contributed by atoms with Gasteiger partial charge in [0.1, 0.15) is 0 Å². The number of anilines is 1. The van der Waals surface area contributed by atoms with Gasteiger partial charge < -0.3 is 5.32 Å². The zero-order valence-electron chi connectivity index (χ0n) is 18.7. The van der Waals surface area contributed by atoms with E-state index in [1.165, 1.54) is 11.3 Å². The highest BCUT2D eigenvalue weighted by molar-refractivity contribution is 7.93. The molecule has 5 rings (SSSR count). The van der Waals surface area contributed by atoms with E-state index in [-0.39, 0.29) is 17.2 Å². The van der Waals surface area contributed by atoms with Gasteiger partial charge in [-0.15, -0.1) is 11.3 Å². The molecule has 0 aromatic carbocycles. The quantitative estimate of drug-likeness (QED) is 0.381. The van der Waals surface area contributed by atoms with Gasteiger partial charge >= 0.3 is 0 Å². The number of carbonyl (C=O) groups excluding carboxylic acids is 1. The highest BCUT2D eigenvalue weighted by Crippen LogP contribution is 2.31. The summed E-state index contributed by atoms with van der Waals surface area (Å²) in [6.45, 7) is 3.95. The fraction of sp³-hybridized carbons (Fsp3) is 0.304. The van der Waals surface area contributed by atoms with Gasteiger partial charge in [-0.25, -0.2) is 17.9 Å². The summed E-state index contributed by atoms with van der Waals surface area (Å²) in [6.07, 6.45) is 8.87. The lowest BCUT2D eigenvalue weighted by atomic mass is 10.1. The Morgan fingerprint density at radius 3 is 2.82 bits per heavy atom. The van der Waals surface area contributed by atoms with Crippen molar-refractivity contribution >= 4 is 38.5 Å². The minimum absolute atomic E-state index is 0.304. The van der Waals surface area contributed by atoms with Gasteiger partial charge in [-0.2, -0.15) is 5.10 Å². The summed E-state index contributed by atoms with van der Waals surface area (Å²) in [7, 11) is -3.37. The van der Waals surface area contributed by atoms with Crippen LogP contribution in [0.25, 0.3) is 16.0 Å². The summed E-state index contributed by atoms with van der Waals surface area (Å²) in [5.41, 5.74) is 4.03. The van der Waals surface area contributed by atoms with Crippen molar-refractivity contribution in [2.24, 2.45) is 0 Å². The molecule has 1 atom stereocenters. The average molecular weight is 497 g/mol. The minimum atomic E-state index is -3.37. The van der Waals surface area contributed by atoms with Gasteiger partial charge in [-0.05, 0) is 56.0 Å². The molecule has 0 aliphatic heterocycles. The van der Waals surface area contributed by atoms with Crippen molar-refractivity contribution in [2.45, 2.75) is 44.4 Å². The van der Waals surface area contributed by atoms with E-state index in [4.69, 9.17) is 0 Å². The van der Waals surface area contributed by atoms with Crippen LogP contribution >= 0.6 is 11.3 Å². The van der Waals surface area contributed by atoms with Crippen molar-refractivity contribution < 1.29 is 13.2 Å². The highest BCUT2D eigenvalue weighted by Gasteiger charge is 2.35. The molecule has 9 nitrogen and oxygen atoms in total. The van der Waals surface area contributed by atoms with E-state index in [1.807, 2.05) is 32.2 Å².